The molecule has 32 heavy (non-hydrogen) atoms. The lowest BCUT2D eigenvalue weighted by Gasteiger charge is -2.19. The first-order valence-electron chi connectivity index (χ1n) is 11.3. The molecule has 0 saturated heterocycles. The van der Waals surface area contributed by atoms with Crippen LogP contribution >= 0.6 is 0 Å². The van der Waals surface area contributed by atoms with Gasteiger partial charge in [-0.15, -0.1) is 0 Å². The van der Waals surface area contributed by atoms with Crippen LogP contribution in [0.4, 0.5) is 0 Å². The summed E-state index contributed by atoms with van der Waals surface area (Å²) in [4.78, 5) is 25.3. The van der Waals surface area contributed by atoms with Crippen molar-refractivity contribution < 1.29 is 9.53 Å². The molecular formula is C25H28N4O3. The third-order valence-corrected chi connectivity index (χ3v) is 6.84. The zero-order valence-corrected chi connectivity index (χ0v) is 18.5. The van der Waals surface area contributed by atoms with Crippen LogP contribution < -0.4 is 10.9 Å². The molecule has 0 unspecified atom stereocenters. The molecule has 2 bridgehead atoms. The normalized spacial score (nSPS) is 21.5. The fourth-order valence-corrected chi connectivity index (χ4v) is 5.20. The first-order chi connectivity index (χ1) is 15.6. The second-order valence-corrected chi connectivity index (χ2v) is 8.75. The maximum Gasteiger partial charge on any atom is 0.341 e. The Labute approximate surface area is 186 Å². The van der Waals surface area contributed by atoms with Gasteiger partial charge in [-0.3, -0.25) is 4.79 Å². The molecule has 1 aromatic carbocycles. The van der Waals surface area contributed by atoms with Crippen LogP contribution in [-0.2, 0) is 18.3 Å². The van der Waals surface area contributed by atoms with Crippen LogP contribution in [0.1, 0.15) is 35.8 Å². The Morgan fingerprint density at radius 3 is 2.84 bits per heavy atom. The molecule has 166 valence electrons. The van der Waals surface area contributed by atoms with E-state index in [-0.39, 0.29) is 5.56 Å². The van der Waals surface area contributed by atoms with Crippen LogP contribution in [0.3, 0.4) is 0 Å². The fourth-order valence-electron chi connectivity index (χ4n) is 5.20. The Hall–Kier alpha value is -3.19. The van der Waals surface area contributed by atoms with E-state index in [0.717, 1.165) is 23.4 Å². The number of esters is 1. The average Bonchev–Trinajstić information content (AvgIpc) is 3.52. The van der Waals surface area contributed by atoms with Crippen LogP contribution in [0.25, 0.3) is 16.6 Å². The van der Waals surface area contributed by atoms with Gasteiger partial charge < -0.3 is 14.6 Å². The number of fused-ring (bicyclic) bond motifs is 3. The zero-order chi connectivity index (χ0) is 22.2. The summed E-state index contributed by atoms with van der Waals surface area (Å²) in [5, 5.41) is 8.96. The van der Waals surface area contributed by atoms with E-state index in [2.05, 4.69) is 22.6 Å². The summed E-state index contributed by atoms with van der Waals surface area (Å²) in [6, 6.07) is 9.30. The predicted molar refractivity (Wildman–Crippen MR) is 123 cm³/mol. The maximum atomic E-state index is 12.7. The molecule has 7 heteroatoms. The lowest BCUT2D eigenvalue weighted by atomic mass is 9.93. The number of hydrogen-bond donors (Lipinski definition) is 1. The molecule has 3 atom stereocenters. The second-order valence-electron chi connectivity index (χ2n) is 8.75. The van der Waals surface area contributed by atoms with Crippen molar-refractivity contribution in [1.29, 1.82) is 0 Å². The summed E-state index contributed by atoms with van der Waals surface area (Å²) in [5.41, 5.74) is 2.49. The molecule has 0 aliphatic heterocycles. The summed E-state index contributed by atoms with van der Waals surface area (Å²) < 4.78 is 8.61. The Bertz CT molecular complexity index is 1260. The molecule has 3 aromatic rings. The number of carbonyl (C=O) groups excluding carboxylic acids is 1. The lowest BCUT2D eigenvalue weighted by Crippen LogP contribution is -2.27. The number of nitrogens with zero attached hydrogens (tertiary/aromatic N) is 3. The first-order valence-corrected chi connectivity index (χ1v) is 11.3. The van der Waals surface area contributed by atoms with Gasteiger partial charge in [0.15, 0.2) is 0 Å². The number of carbonyl (C=O) groups is 1. The minimum atomic E-state index is -0.397. The average molecular weight is 433 g/mol. The Morgan fingerprint density at radius 2 is 2.09 bits per heavy atom. The van der Waals surface area contributed by atoms with Crippen LogP contribution in [-0.4, -0.2) is 33.5 Å². The van der Waals surface area contributed by atoms with E-state index in [4.69, 9.17) is 4.74 Å². The number of pyridine rings is 1. The Morgan fingerprint density at radius 1 is 1.25 bits per heavy atom. The van der Waals surface area contributed by atoms with Crippen molar-refractivity contribution in [2.24, 2.45) is 24.8 Å². The number of ether oxygens (including phenoxy) is 1. The van der Waals surface area contributed by atoms with Crippen LogP contribution in [0.15, 0.2) is 53.5 Å². The molecule has 1 fully saturated rings. The van der Waals surface area contributed by atoms with E-state index < -0.39 is 5.97 Å². The van der Waals surface area contributed by atoms with Crippen molar-refractivity contribution in [3.05, 3.63) is 70.3 Å². The van der Waals surface area contributed by atoms with Gasteiger partial charge in [0.25, 0.3) is 5.56 Å². The highest BCUT2D eigenvalue weighted by Crippen LogP contribution is 2.43. The highest BCUT2D eigenvalue weighted by molar-refractivity contribution is 5.92. The lowest BCUT2D eigenvalue weighted by molar-refractivity contribution is 0.0525. The van der Waals surface area contributed by atoms with E-state index >= 15 is 0 Å². The number of hydrogen-bond acceptors (Lipinski definition) is 5. The van der Waals surface area contributed by atoms with Gasteiger partial charge in [-0.25, -0.2) is 9.48 Å². The van der Waals surface area contributed by atoms with Gasteiger partial charge in [0, 0.05) is 25.0 Å². The van der Waals surface area contributed by atoms with E-state index in [9.17, 15) is 9.59 Å². The molecule has 2 aliphatic carbocycles. The molecule has 2 aliphatic rings. The van der Waals surface area contributed by atoms with Crippen molar-refractivity contribution in [2.45, 2.75) is 26.3 Å². The molecule has 2 aromatic heterocycles. The summed E-state index contributed by atoms with van der Waals surface area (Å²) in [7, 11) is 1.76. The van der Waals surface area contributed by atoms with Crippen molar-refractivity contribution in [2.75, 3.05) is 13.2 Å². The predicted octanol–water partition coefficient (Wildman–Crippen LogP) is 3.20. The SMILES string of the molecule is CCOC(=O)c1cnn(-c2cc(=O)n(C)c3ccccc23)c1CNC[C@H]1C[C@@H]2C=C[C@H]1C2. The minimum Gasteiger partial charge on any atom is -0.462 e. The van der Waals surface area contributed by atoms with E-state index in [0.29, 0.717) is 41.9 Å². The molecule has 0 spiro atoms. The number of allylic oxidation sites excluding steroid dienone is 2. The summed E-state index contributed by atoms with van der Waals surface area (Å²) in [6.07, 6.45) is 8.72. The summed E-state index contributed by atoms with van der Waals surface area (Å²) in [6.45, 7) is 3.44. The quantitative estimate of drug-likeness (QED) is 0.458. The molecule has 7 nitrogen and oxygen atoms in total. The van der Waals surface area contributed by atoms with Gasteiger partial charge in [0.2, 0.25) is 0 Å². The molecule has 2 heterocycles. The largest absolute Gasteiger partial charge is 0.462 e. The molecular weight excluding hydrogens is 404 g/mol. The number of para-hydroxylation sites is 1. The molecule has 1 saturated carbocycles. The van der Waals surface area contributed by atoms with Gasteiger partial charge in [0.05, 0.1) is 29.7 Å². The number of aromatic nitrogens is 3. The van der Waals surface area contributed by atoms with Gasteiger partial charge in [-0.2, -0.15) is 5.10 Å². The molecule has 0 amide bonds. The summed E-state index contributed by atoms with van der Waals surface area (Å²) >= 11 is 0. The molecule has 1 N–H and O–H groups in total. The third kappa shape index (κ3) is 3.56. The van der Waals surface area contributed by atoms with Crippen LogP contribution in [0.5, 0.6) is 0 Å². The second kappa shape index (κ2) is 8.39. The van der Waals surface area contributed by atoms with Crippen molar-refractivity contribution in [1.82, 2.24) is 19.7 Å². The molecule has 5 rings (SSSR count). The van der Waals surface area contributed by atoms with Gasteiger partial charge in [-0.1, -0.05) is 30.4 Å². The van der Waals surface area contributed by atoms with E-state index in [1.165, 1.54) is 12.8 Å². The number of benzene rings is 1. The van der Waals surface area contributed by atoms with Crippen LogP contribution in [0, 0.1) is 17.8 Å². The minimum absolute atomic E-state index is 0.125. The standard InChI is InChI=1S/C25H28N4O3/c1-3-32-25(31)20-14-27-29(22-12-24(30)28(2)21-7-5-4-6-19(21)22)23(20)15-26-13-18-11-16-8-9-17(18)10-16/h4-9,12,14,16-18,26H,3,10-11,13,15H2,1-2H3/t16-,17+,18-/m1/s1. The van der Waals surface area contributed by atoms with Crippen molar-refractivity contribution in [3.63, 3.8) is 0 Å². The third-order valence-electron chi connectivity index (χ3n) is 6.84. The van der Waals surface area contributed by atoms with E-state index in [1.807, 2.05) is 24.3 Å². The monoisotopic (exact) mass is 432 g/mol. The van der Waals surface area contributed by atoms with Crippen LogP contribution in [0.2, 0.25) is 0 Å². The van der Waals surface area contributed by atoms with Gasteiger partial charge >= 0.3 is 5.97 Å². The Kier molecular flexibility index (Phi) is 5.43. The van der Waals surface area contributed by atoms with Crippen molar-refractivity contribution >= 4 is 16.9 Å². The highest BCUT2D eigenvalue weighted by atomic mass is 16.5. The summed E-state index contributed by atoms with van der Waals surface area (Å²) in [5.74, 6) is 1.60. The fraction of sp³-hybridized carbons (Fsp3) is 0.400. The maximum absolute atomic E-state index is 12.7. The molecule has 0 radical (unpaired) electrons. The number of aryl methyl sites for hydroxylation is 1. The highest BCUT2D eigenvalue weighted by Gasteiger charge is 2.35. The number of rotatable bonds is 7. The first kappa shape index (κ1) is 20.7. The topological polar surface area (TPSA) is 78.2 Å². The van der Waals surface area contributed by atoms with Crippen molar-refractivity contribution in [3.8, 4) is 5.69 Å². The zero-order valence-electron chi connectivity index (χ0n) is 18.5. The Balaban J connectivity index is 1.51. The van der Waals surface area contributed by atoms with Gasteiger partial charge in [-0.05, 0) is 50.1 Å². The number of nitrogens with one attached hydrogen (secondary N) is 1. The van der Waals surface area contributed by atoms with Gasteiger partial charge in [0.1, 0.15) is 5.56 Å². The van der Waals surface area contributed by atoms with E-state index in [1.54, 1.807) is 35.5 Å². The smallest absolute Gasteiger partial charge is 0.341 e.